The molecule has 0 bridgehead atoms. The van der Waals surface area contributed by atoms with Gasteiger partial charge < -0.3 is 24.3 Å². The molecule has 0 aromatic rings. The van der Waals surface area contributed by atoms with E-state index in [0.29, 0.717) is 18.3 Å². The van der Waals surface area contributed by atoms with Crippen LogP contribution in [0.5, 0.6) is 0 Å². The lowest BCUT2D eigenvalue weighted by Crippen LogP contribution is -2.37. The lowest BCUT2D eigenvalue weighted by atomic mass is 9.84. The van der Waals surface area contributed by atoms with Crippen LogP contribution >= 0.6 is 0 Å². The third kappa shape index (κ3) is 9.83. The van der Waals surface area contributed by atoms with E-state index in [1.54, 1.807) is 0 Å². The Morgan fingerprint density at radius 3 is 1.88 bits per heavy atom. The number of likely N-dealkylation sites (tertiary alicyclic amines) is 1. The molecule has 4 atom stereocenters. The van der Waals surface area contributed by atoms with Crippen molar-refractivity contribution in [3.63, 3.8) is 0 Å². The maximum atomic E-state index is 11.2. The summed E-state index contributed by atoms with van der Waals surface area (Å²) in [6, 6.07) is 0. The number of carboxylic acids is 2. The molecule has 0 aliphatic carbocycles. The van der Waals surface area contributed by atoms with Crippen molar-refractivity contribution in [2.45, 2.75) is 69.2 Å². The van der Waals surface area contributed by atoms with E-state index in [4.69, 9.17) is 0 Å². The number of hydrogen-bond donors (Lipinski definition) is 0. The van der Waals surface area contributed by atoms with Crippen LogP contribution in [0.2, 0.25) is 0 Å². The van der Waals surface area contributed by atoms with Crippen LogP contribution in [0.1, 0.15) is 69.2 Å². The van der Waals surface area contributed by atoms with Crippen LogP contribution < -0.4 is 10.2 Å². The molecular formula is C20H44NO4-. The van der Waals surface area contributed by atoms with Crippen LogP contribution in [0, 0.1) is 23.7 Å². The van der Waals surface area contributed by atoms with Gasteiger partial charge >= 0.3 is 0 Å². The predicted molar refractivity (Wildman–Crippen MR) is 103 cm³/mol. The molecule has 1 heterocycles. The van der Waals surface area contributed by atoms with Gasteiger partial charge in [-0.05, 0) is 37.5 Å². The van der Waals surface area contributed by atoms with Gasteiger partial charge in [0.15, 0.2) is 0 Å². The Bertz CT molecular complexity index is 382. The molecule has 1 fully saturated rings. The second-order valence-electron chi connectivity index (χ2n) is 7.28. The van der Waals surface area contributed by atoms with Crippen molar-refractivity contribution in [1.29, 1.82) is 0 Å². The fraction of sp³-hybridized carbons (Fsp3) is 0.900. The first-order valence-electron chi connectivity index (χ1n) is 7.90. The summed E-state index contributed by atoms with van der Waals surface area (Å²) in [6.07, 6.45) is 2.55. The van der Waals surface area contributed by atoms with Crippen LogP contribution in [0.15, 0.2) is 0 Å². The molecule has 0 amide bonds. The minimum Gasteiger partial charge on any atom is -0.550 e. The molecule has 0 saturated carbocycles. The van der Waals surface area contributed by atoms with E-state index in [0.717, 1.165) is 30.4 Å². The summed E-state index contributed by atoms with van der Waals surface area (Å²) in [7, 11) is 4.41. The van der Waals surface area contributed by atoms with Crippen molar-refractivity contribution >= 4 is 11.9 Å². The van der Waals surface area contributed by atoms with Crippen LogP contribution in [0.3, 0.4) is 0 Å². The highest BCUT2D eigenvalue weighted by Gasteiger charge is 2.38. The van der Waals surface area contributed by atoms with Gasteiger partial charge in [-0.25, -0.2) is 0 Å². The van der Waals surface area contributed by atoms with Crippen LogP contribution in [-0.2, 0) is 9.59 Å². The van der Waals surface area contributed by atoms with Gasteiger partial charge in [-0.15, -0.1) is 0 Å². The second kappa shape index (κ2) is 13.2. The fourth-order valence-corrected chi connectivity index (χ4v) is 3.70. The SMILES string of the molecule is C.C.C.C.CCC1C[N+](C)(C)CC1CCC(CC(C)C(=O)[O-])C(=O)[O-]. The molecule has 5 heteroatoms. The molecule has 1 saturated heterocycles. The zero-order valence-corrected chi connectivity index (χ0v) is 13.6. The summed E-state index contributed by atoms with van der Waals surface area (Å²) in [5.41, 5.74) is 0. The standard InChI is InChI=1S/C16H29NO4.4CH4/c1-5-12-9-17(3,4)10-14(12)7-6-13(16(20)21)8-11(2)15(18)19;;;;/h11-14H,5-10H2,1-4H3,(H-,18,19,20,21);4*1H4/p-1. The van der Waals surface area contributed by atoms with Gasteiger partial charge in [0.2, 0.25) is 0 Å². The van der Waals surface area contributed by atoms with E-state index in [9.17, 15) is 19.8 Å². The quantitative estimate of drug-likeness (QED) is 0.620. The summed E-state index contributed by atoms with van der Waals surface area (Å²) in [6.45, 7) is 5.87. The first-order chi connectivity index (χ1) is 9.66. The molecule has 1 aliphatic rings. The molecule has 1 aliphatic heterocycles. The summed E-state index contributed by atoms with van der Waals surface area (Å²) in [5.74, 6) is -2.61. The molecule has 0 aromatic heterocycles. The molecule has 4 unspecified atom stereocenters. The van der Waals surface area contributed by atoms with Gasteiger partial charge in [0.1, 0.15) is 0 Å². The number of hydrogen-bond acceptors (Lipinski definition) is 4. The Kier molecular flexibility index (Phi) is 16.6. The second-order valence-corrected chi connectivity index (χ2v) is 7.28. The van der Waals surface area contributed by atoms with Gasteiger partial charge in [0, 0.05) is 23.8 Å². The van der Waals surface area contributed by atoms with Crippen molar-refractivity contribution in [1.82, 2.24) is 0 Å². The van der Waals surface area contributed by atoms with Gasteiger partial charge in [-0.2, -0.15) is 0 Å². The Labute approximate surface area is 157 Å². The number of nitrogens with zero attached hydrogens (tertiary/aromatic N) is 1. The van der Waals surface area contributed by atoms with E-state index < -0.39 is 23.8 Å². The minimum atomic E-state index is -1.19. The topological polar surface area (TPSA) is 80.3 Å². The highest BCUT2D eigenvalue weighted by atomic mass is 16.4. The Hall–Kier alpha value is -1.10. The third-order valence-electron chi connectivity index (χ3n) is 4.91. The van der Waals surface area contributed by atoms with Gasteiger partial charge in [-0.3, -0.25) is 0 Å². The summed E-state index contributed by atoms with van der Waals surface area (Å²) in [5, 5.41) is 22.0. The van der Waals surface area contributed by atoms with Crippen molar-refractivity contribution in [3.05, 3.63) is 0 Å². The van der Waals surface area contributed by atoms with E-state index in [1.807, 2.05) is 0 Å². The van der Waals surface area contributed by atoms with E-state index >= 15 is 0 Å². The molecule has 25 heavy (non-hydrogen) atoms. The van der Waals surface area contributed by atoms with Gasteiger partial charge in [0.05, 0.1) is 27.2 Å². The number of rotatable bonds is 8. The normalized spacial score (nSPS) is 22.9. The first-order valence-corrected chi connectivity index (χ1v) is 7.90. The van der Waals surface area contributed by atoms with Gasteiger partial charge in [0.25, 0.3) is 0 Å². The van der Waals surface area contributed by atoms with Crippen LogP contribution in [0.25, 0.3) is 0 Å². The lowest BCUT2D eigenvalue weighted by molar-refractivity contribution is -0.880. The lowest BCUT2D eigenvalue weighted by Gasteiger charge is -2.25. The van der Waals surface area contributed by atoms with Crippen molar-refractivity contribution in [2.75, 3.05) is 27.2 Å². The summed E-state index contributed by atoms with van der Waals surface area (Å²) < 4.78 is 0.981. The maximum Gasteiger partial charge on any atom is 0.0816 e. The summed E-state index contributed by atoms with van der Waals surface area (Å²) >= 11 is 0. The van der Waals surface area contributed by atoms with Crippen LogP contribution in [0.4, 0.5) is 0 Å². The smallest absolute Gasteiger partial charge is 0.0816 e. The molecule has 5 nitrogen and oxygen atoms in total. The first kappa shape index (κ1) is 31.6. The number of quaternary nitrogens is 1. The Morgan fingerprint density at radius 2 is 1.48 bits per heavy atom. The maximum absolute atomic E-state index is 11.2. The monoisotopic (exact) mass is 362 g/mol. The van der Waals surface area contributed by atoms with Crippen molar-refractivity contribution < 1.29 is 24.3 Å². The zero-order chi connectivity index (χ0) is 16.2. The number of carboxylic acid groups (broad SMARTS) is 2. The molecule has 1 rings (SSSR count). The summed E-state index contributed by atoms with van der Waals surface area (Å²) in [4.78, 5) is 22.0. The number of aliphatic carboxylic acids is 2. The number of carbonyl (C=O) groups is 2. The highest BCUT2D eigenvalue weighted by molar-refractivity contribution is 5.71. The van der Waals surface area contributed by atoms with Crippen LogP contribution in [-0.4, -0.2) is 43.6 Å². The number of carbonyl (C=O) groups excluding carboxylic acids is 2. The molecule has 154 valence electrons. The van der Waals surface area contributed by atoms with Crippen molar-refractivity contribution in [3.8, 4) is 0 Å². The average molecular weight is 363 g/mol. The fourth-order valence-electron chi connectivity index (χ4n) is 3.70. The zero-order valence-electron chi connectivity index (χ0n) is 13.6. The van der Waals surface area contributed by atoms with E-state index in [1.165, 1.54) is 6.92 Å². The van der Waals surface area contributed by atoms with E-state index in [2.05, 4.69) is 21.0 Å². The molecule has 0 radical (unpaired) electrons. The molecule has 0 aromatic carbocycles. The molecule has 0 spiro atoms. The largest absolute Gasteiger partial charge is 0.550 e. The molecular weight excluding hydrogens is 318 g/mol. The highest BCUT2D eigenvalue weighted by Crippen LogP contribution is 2.34. The average Bonchev–Trinajstić information content (AvgIpc) is 2.68. The van der Waals surface area contributed by atoms with E-state index in [-0.39, 0.29) is 36.1 Å². The Morgan fingerprint density at radius 1 is 1.00 bits per heavy atom. The minimum absolute atomic E-state index is 0. The third-order valence-corrected chi connectivity index (χ3v) is 4.91. The van der Waals surface area contributed by atoms with Crippen molar-refractivity contribution in [2.24, 2.45) is 23.7 Å². The Balaban J connectivity index is -0.000000551. The molecule has 0 N–H and O–H groups in total. The predicted octanol–water partition coefficient (Wildman–Crippen LogP) is 2.19. The van der Waals surface area contributed by atoms with Gasteiger partial charge in [-0.1, -0.05) is 43.6 Å².